The van der Waals surface area contributed by atoms with E-state index >= 15 is 0 Å². The minimum absolute atomic E-state index is 0.00831. The van der Waals surface area contributed by atoms with E-state index in [1.165, 1.54) is 0 Å². The highest BCUT2D eigenvalue weighted by Gasteiger charge is 2.33. The van der Waals surface area contributed by atoms with Crippen molar-refractivity contribution >= 4 is 10.0 Å². The molecule has 1 unspecified atom stereocenters. The Hall–Kier alpha value is -1.77. The SMILES string of the molecule is CC(c1nc(C2CC2)no1)N1CCN(S(=O)(=O)Cc2ccccc2)CC1. The zero-order chi connectivity index (χ0) is 18.1. The molecule has 140 valence electrons. The van der Waals surface area contributed by atoms with Gasteiger partial charge in [-0.15, -0.1) is 0 Å². The van der Waals surface area contributed by atoms with Gasteiger partial charge in [0.1, 0.15) is 0 Å². The molecule has 2 heterocycles. The van der Waals surface area contributed by atoms with Gasteiger partial charge in [-0.3, -0.25) is 4.90 Å². The van der Waals surface area contributed by atoms with Crippen LogP contribution in [0.25, 0.3) is 0 Å². The fraction of sp³-hybridized carbons (Fsp3) is 0.556. The lowest BCUT2D eigenvalue weighted by Crippen LogP contribution is -2.49. The van der Waals surface area contributed by atoms with Crippen LogP contribution >= 0.6 is 0 Å². The molecule has 1 saturated heterocycles. The fourth-order valence-corrected chi connectivity index (χ4v) is 4.84. The second-order valence-electron chi connectivity index (χ2n) is 7.12. The van der Waals surface area contributed by atoms with Gasteiger partial charge >= 0.3 is 0 Å². The van der Waals surface area contributed by atoms with Crippen LogP contribution in [-0.2, 0) is 15.8 Å². The third-order valence-electron chi connectivity index (χ3n) is 5.16. The number of piperazine rings is 1. The second kappa shape index (κ2) is 7.09. The first-order valence-corrected chi connectivity index (χ1v) is 10.7. The Morgan fingerprint density at radius 3 is 2.50 bits per heavy atom. The van der Waals surface area contributed by atoms with Crippen molar-refractivity contribution in [1.82, 2.24) is 19.3 Å². The largest absolute Gasteiger partial charge is 0.338 e. The zero-order valence-electron chi connectivity index (χ0n) is 14.9. The lowest BCUT2D eigenvalue weighted by atomic mass is 10.2. The summed E-state index contributed by atoms with van der Waals surface area (Å²) in [6.45, 7) is 4.34. The fourth-order valence-electron chi connectivity index (χ4n) is 3.33. The number of benzene rings is 1. The summed E-state index contributed by atoms with van der Waals surface area (Å²) in [4.78, 5) is 6.73. The van der Waals surface area contributed by atoms with E-state index in [1.807, 2.05) is 37.3 Å². The Bertz CT molecular complexity index is 840. The predicted octanol–water partition coefficient (Wildman–Crippen LogP) is 2.16. The van der Waals surface area contributed by atoms with Crippen LogP contribution in [0.5, 0.6) is 0 Å². The van der Waals surface area contributed by atoms with Crippen molar-refractivity contribution in [3.05, 3.63) is 47.6 Å². The highest BCUT2D eigenvalue weighted by atomic mass is 32.2. The highest BCUT2D eigenvalue weighted by Crippen LogP contribution is 2.38. The molecule has 0 spiro atoms. The molecular weight excluding hydrogens is 352 g/mol. The van der Waals surface area contributed by atoms with Gasteiger partial charge in [0.2, 0.25) is 15.9 Å². The van der Waals surface area contributed by atoms with Gasteiger partial charge in [-0.1, -0.05) is 35.5 Å². The molecule has 7 nitrogen and oxygen atoms in total. The summed E-state index contributed by atoms with van der Waals surface area (Å²) >= 11 is 0. The third-order valence-corrected chi connectivity index (χ3v) is 7.01. The number of aromatic nitrogens is 2. The molecule has 0 bridgehead atoms. The molecule has 0 amide bonds. The van der Waals surface area contributed by atoms with Crippen molar-refractivity contribution in [1.29, 1.82) is 0 Å². The van der Waals surface area contributed by atoms with Gasteiger partial charge in [0.25, 0.3) is 0 Å². The summed E-state index contributed by atoms with van der Waals surface area (Å²) in [5.74, 6) is 1.97. The first-order chi connectivity index (χ1) is 12.5. The van der Waals surface area contributed by atoms with Crippen LogP contribution < -0.4 is 0 Å². The van der Waals surface area contributed by atoms with Gasteiger partial charge in [-0.05, 0) is 25.3 Å². The summed E-state index contributed by atoms with van der Waals surface area (Å²) < 4.78 is 32.3. The Balaban J connectivity index is 1.35. The Labute approximate surface area is 154 Å². The van der Waals surface area contributed by atoms with Crippen LogP contribution in [0.3, 0.4) is 0 Å². The number of sulfonamides is 1. The quantitative estimate of drug-likeness (QED) is 0.769. The third kappa shape index (κ3) is 3.82. The highest BCUT2D eigenvalue weighted by molar-refractivity contribution is 7.88. The van der Waals surface area contributed by atoms with Crippen LogP contribution in [0.4, 0.5) is 0 Å². The van der Waals surface area contributed by atoms with E-state index in [1.54, 1.807) is 4.31 Å². The molecule has 1 aromatic carbocycles. The summed E-state index contributed by atoms with van der Waals surface area (Å²) in [6.07, 6.45) is 2.29. The van der Waals surface area contributed by atoms with Gasteiger partial charge in [0.15, 0.2) is 5.82 Å². The van der Waals surface area contributed by atoms with Crippen LogP contribution in [0, 0.1) is 0 Å². The Kier molecular flexibility index (Phi) is 4.81. The predicted molar refractivity (Wildman–Crippen MR) is 96.9 cm³/mol. The Morgan fingerprint density at radius 2 is 1.85 bits per heavy atom. The molecule has 0 radical (unpaired) electrons. The maximum absolute atomic E-state index is 12.7. The normalized spacial score (nSPS) is 21.0. The molecule has 1 saturated carbocycles. The standard InChI is InChI=1S/C18H24N4O3S/c1-14(18-19-17(20-25-18)16-7-8-16)21-9-11-22(12-10-21)26(23,24)13-15-5-3-2-4-6-15/h2-6,14,16H,7-13H2,1H3. The molecule has 2 fully saturated rings. The number of nitrogens with zero attached hydrogens (tertiary/aromatic N) is 4. The maximum atomic E-state index is 12.7. The zero-order valence-corrected chi connectivity index (χ0v) is 15.7. The van der Waals surface area contributed by atoms with Gasteiger partial charge in [-0.2, -0.15) is 9.29 Å². The van der Waals surface area contributed by atoms with E-state index in [0.717, 1.165) is 24.2 Å². The number of hydrogen-bond donors (Lipinski definition) is 0. The Morgan fingerprint density at radius 1 is 1.15 bits per heavy atom. The van der Waals surface area contributed by atoms with Crippen molar-refractivity contribution in [3.63, 3.8) is 0 Å². The van der Waals surface area contributed by atoms with E-state index in [2.05, 4.69) is 15.0 Å². The first kappa shape index (κ1) is 17.6. The smallest absolute Gasteiger partial charge is 0.243 e. The molecule has 2 aromatic rings. The molecular formula is C18H24N4O3S. The van der Waals surface area contributed by atoms with E-state index in [4.69, 9.17) is 4.52 Å². The van der Waals surface area contributed by atoms with E-state index in [0.29, 0.717) is 38.0 Å². The summed E-state index contributed by atoms with van der Waals surface area (Å²) in [5, 5.41) is 4.08. The van der Waals surface area contributed by atoms with Crippen molar-refractivity contribution in [2.75, 3.05) is 26.2 Å². The average Bonchev–Trinajstić information content (AvgIpc) is 3.39. The van der Waals surface area contributed by atoms with Crippen LogP contribution in [0.2, 0.25) is 0 Å². The van der Waals surface area contributed by atoms with Gasteiger partial charge in [-0.25, -0.2) is 8.42 Å². The number of rotatable bonds is 6. The molecule has 2 aliphatic rings. The minimum Gasteiger partial charge on any atom is -0.338 e. The van der Waals surface area contributed by atoms with Crippen LogP contribution in [0.1, 0.15) is 49.0 Å². The second-order valence-corrected chi connectivity index (χ2v) is 9.09. The lowest BCUT2D eigenvalue weighted by Gasteiger charge is -2.36. The van der Waals surface area contributed by atoms with Gasteiger partial charge < -0.3 is 4.52 Å². The molecule has 4 rings (SSSR count). The number of hydrogen-bond acceptors (Lipinski definition) is 6. The monoisotopic (exact) mass is 376 g/mol. The van der Waals surface area contributed by atoms with Crippen LogP contribution in [-0.4, -0.2) is 53.9 Å². The van der Waals surface area contributed by atoms with E-state index in [9.17, 15) is 8.42 Å². The van der Waals surface area contributed by atoms with Gasteiger partial charge in [0.05, 0.1) is 11.8 Å². The van der Waals surface area contributed by atoms with E-state index in [-0.39, 0.29) is 11.8 Å². The van der Waals surface area contributed by atoms with Crippen molar-refractivity contribution in [3.8, 4) is 0 Å². The molecule has 1 aromatic heterocycles. The molecule has 1 atom stereocenters. The van der Waals surface area contributed by atoms with Gasteiger partial charge in [0, 0.05) is 32.1 Å². The average molecular weight is 376 g/mol. The van der Waals surface area contributed by atoms with E-state index < -0.39 is 10.0 Å². The lowest BCUT2D eigenvalue weighted by molar-refractivity contribution is 0.124. The molecule has 8 heteroatoms. The molecule has 26 heavy (non-hydrogen) atoms. The molecule has 1 aliphatic heterocycles. The summed E-state index contributed by atoms with van der Waals surface area (Å²) in [5.41, 5.74) is 0.821. The maximum Gasteiger partial charge on any atom is 0.243 e. The minimum atomic E-state index is -3.29. The summed E-state index contributed by atoms with van der Waals surface area (Å²) in [7, 11) is -3.29. The van der Waals surface area contributed by atoms with Crippen molar-refractivity contribution < 1.29 is 12.9 Å². The molecule has 0 N–H and O–H groups in total. The first-order valence-electron chi connectivity index (χ1n) is 9.12. The van der Waals surface area contributed by atoms with Crippen molar-refractivity contribution in [2.24, 2.45) is 0 Å². The van der Waals surface area contributed by atoms with Crippen LogP contribution in [0.15, 0.2) is 34.9 Å². The topological polar surface area (TPSA) is 79.5 Å². The van der Waals surface area contributed by atoms with Crippen molar-refractivity contribution in [2.45, 2.75) is 37.5 Å². The summed E-state index contributed by atoms with van der Waals surface area (Å²) in [6, 6.07) is 9.33. The molecule has 1 aliphatic carbocycles.